The molecule has 0 N–H and O–H groups in total. The second-order valence-corrected chi connectivity index (χ2v) is 11.5. The summed E-state index contributed by atoms with van der Waals surface area (Å²) >= 11 is 4.67. The number of carbonyl (C=O) groups excluding carboxylic acids is 1. The average molecular weight is 680 g/mol. The van der Waals surface area contributed by atoms with Crippen molar-refractivity contribution in [1.29, 1.82) is 0 Å². The number of esters is 1. The van der Waals surface area contributed by atoms with Gasteiger partial charge in [-0.15, -0.1) is 0 Å². The first-order chi connectivity index (χ1) is 21.4. The Morgan fingerprint density at radius 1 is 0.977 bits per heavy atom. The van der Waals surface area contributed by atoms with Gasteiger partial charge in [-0.25, -0.2) is 9.79 Å². The van der Waals surface area contributed by atoms with Crippen LogP contribution in [0, 0.1) is 0 Å². The number of hydrogen-bond acceptors (Lipinski definition) is 9. The lowest BCUT2D eigenvalue weighted by Crippen LogP contribution is -2.39. The summed E-state index contributed by atoms with van der Waals surface area (Å²) in [6, 6.07) is 17.9. The number of rotatable bonds is 11. The number of benzene rings is 3. The van der Waals surface area contributed by atoms with Crippen LogP contribution >= 0.6 is 27.3 Å². The highest BCUT2D eigenvalue weighted by Crippen LogP contribution is 2.35. The third kappa shape index (κ3) is 6.44. The van der Waals surface area contributed by atoms with E-state index in [2.05, 4.69) is 20.9 Å². The number of hydrogen-bond donors (Lipinski definition) is 0. The van der Waals surface area contributed by atoms with Gasteiger partial charge in [-0.1, -0.05) is 57.6 Å². The molecule has 1 aromatic heterocycles. The SMILES string of the molecule is CCOc1ccc([C@H]2C(C(=O)OC)=CN=c3s/c(=C/c4cccc(OC)c4OCc4ccc(Br)cc4)c(=O)n32)cc1OCC. The fourth-order valence-electron chi connectivity index (χ4n) is 4.83. The van der Waals surface area contributed by atoms with Crippen molar-refractivity contribution in [3.8, 4) is 23.0 Å². The topological polar surface area (TPSA) is 97.6 Å². The number of nitrogens with zero attached hydrogens (tertiary/aromatic N) is 2. The first-order valence-corrected chi connectivity index (χ1v) is 15.5. The van der Waals surface area contributed by atoms with Crippen LogP contribution in [0.3, 0.4) is 0 Å². The number of aromatic nitrogens is 1. The Balaban J connectivity index is 1.61. The van der Waals surface area contributed by atoms with Crippen LogP contribution in [0.1, 0.15) is 36.6 Å². The van der Waals surface area contributed by atoms with Crippen LogP contribution in [0.15, 0.2) is 86.7 Å². The number of para-hydroxylation sites is 1. The normalized spacial score (nSPS) is 14.2. The van der Waals surface area contributed by atoms with E-state index in [9.17, 15) is 9.59 Å². The number of thiazole rings is 1. The molecule has 228 valence electrons. The molecule has 3 aromatic carbocycles. The maximum atomic E-state index is 14.1. The molecule has 9 nitrogen and oxygen atoms in total. The average Bonchev–Trinajstić information content (AvgIpc) is 3.35. The van der Waals surface area contributed by atoms with Crippen molar-refractivity contribution in [3.05, 3.63) is 113 Å². The summed E-state index contributed by atoms with van der Waals surface area (Å²) in [4.78, 5) is 31.9. The molecule has 0 bridgehead atoms. The Morgan fingerprint density at radius 3 is 2.43 bits per heavy atom. The molecule has 4 aromatic rings. The van der Waals surface area contributed by atoms with Crippen LogP contribution < -0.4 is 33.8 Å². The third-order valence-corrected chi connectivity index (χ3v) is 8.35. The van der Waals surface area contributed by atoms with Gasteiger partial charge in [0.15, 0.2) is 27.8 Å². The monoisotopic (exact) mass is 678 g/mol. The molecule has 0 saturated carbocycles. The molecule has 0 fully saturated rings. The number of carbonyl (C=O) groups is 1. The Kier molecular flexibility index (Phi) is 9.86. The van der Waals surface area contributed by atoms with Crippen molar-refractivity contribution in [3.63, 3.8) is 0 Å². The van der Waals surface area contributed by atoms with Gasteiger partial charge in [0, 0.05) is 16.2 Å². The van der Waals surface area contributed by atoms with Gasteiger partial charge in [0.05, 0.1) is 43.6 Å². The highest BCUT2D eigenvalue weighted by molar-refractivity contribution is 9.10. The zero-order valence-electron chi connectivity index (χ0n) is 24.7. The molecule has 0 amide bonds. The fourth-order valence-corrected chi connectivity index (χ4v) is 6.05. The summed E-state index contributed by atoms with van der Waals surface area (Å²) in [6.07, 6.45) is 3.21. The van der Waals surface area contributed by atoms with Crippen LogP contribution in [0.4, 0.5) is 0 Å². The van der Waals surface area contributed by atoms with Gasteiger partial charge in [0.25, 0.3) is 5.56 Å². The van der Waals surface area contributed by atoms with Gasteiger partial charge in [-0.3, -0.25) is 9.36 Å². The van der Waals surface area contributed by atoms with Crippen LogP contribution in [-0.4, -0.2) is 38.0 Å². The minimum Gasteiger partial charge on any atom is -0.493 e. The largest absolute Gasteiger partial charge is 0.493 e. The van der Waals surface area contributed by atoms with E-state index in [0.717, 1.165) is 10.0 Å². The highest BCUT2D eigenvalue weighted by atomic mass is 79.9. The number of halogens is 1. The van der Waals surface area contributed by atoms with Gasteiger partial charge < -0.3 is 23.7 Å². The van der Waals surface area contributed by atoms with E-state index in [4.69, 9.17) is 23.7 Å². The van der Waals surface area contributed by atoms with Gasteiger partial charge in [-0.05, 0) is 61.4 Å². The Morgan fingerprint density at radius 2 is 1.73 bits per heavy atom. The Bertz CT molecular complexity index is 1880. The maximum absolute atomic E-state index is 14.1. The van der Waals surface area contributed by atoms with E-state index < -0.39 is 12.0 Å². The second-order valence-electron chi connectivity index (χ2n) is 9.54. The number of ether oxygens (including phenoxy) is 5. The molecule has 0 spiro atoms. The first-order valence-electron chi connectivity index (χ1n) is 13.9. The maximum Gasteiger partial charge on any atom is 0.337 e. The predicted octanol–water partition coefficient (Wildman–Crippen LogP) is 5.17. The van der Waals surface area contributed by atoms with Gasteiger partial charge in [-0.2, -0.15) is 0 Å². The Labute approximate surface area is 266 Å². The minimum atomic E-state index is -0.797. The van der Waals surface area contributed by atoms with Gasteiger partial charge in [0.2, 0.25) is 0 Å². The van der Waals surface area contributed by atoms with E-state index in [1.807, 2.05) is 56.3 Å². The number of methoxy groups -OCH3 is 2. The molecule has 0 radical (unpaired) electrons. The molecule has 5 rings (SSSR count). The molecule has 0 unspecified atom stereocenters. The van der Waals surface area contributed by atoms with Crippen LogP contribution in [0.2, 0.25) is 0 Å². The lowest BCUT2D eigenvalue weighted by Gasteiger charge is -2.23. The Hall–Kier alpha value is -4.35. The van der Waals surface area contributed by atoms with Crippen molar-refractivity contribution in [2.45, 2.75) is 26.5 Å². The lowest BCUT2D eigenvalue weighted by atomic mass is 9.97. The van der Waals surface area contributed by atoms with Crippen molar-refractivity contribution >= 4 is 39.3 Å². The zero-order valence-corrected chi connectivity index (χ0v) is 27.1. The summed E-state index contributed by atoms with van der Waals surface area (Å²) in [5.41, 5.74) is 2.19. The van der Waals surface area contributed by atoms with Crippen molar-refractivity contribution in [2.24, 2.45) is 4.99 Å². The van der Waals surface area contributed by atoms with E-state index in [1.54, 1.807) is 31.4 Å². The van der Waals surface area contributed by atoms with E-state index in [-0.39, 0.29) is 11.1 Å². The molecule has 0 aliphatic carbocycles. The molecular formula is C33H31BrN2O7S. The van der Waals surface area contributed by atoms with Crippen LogP contribution in [-0.2, 0) is 16.1 Å². The minimum absolute atomic E-state index is 0.220. The summed E-state index contributed by atoms with van der Waals surface area (Å²) in [5, 5.41) is 0. The summed E-state index contributed by atoms with van der Waals surface area (Å²) in [5.74, 6) is 1.54. The molecule has 11 heteroatoms. The third-order valence-electron chi connectivity index (χ3n) is 6.82. The van der Waals surface area contributed by atoms with Crippen LogP contribution in [0.5, 0.6) is 23.0 Å². The highest BCUT2D eigenvalue weighted by Gasteiger charge is 2.31. The molecule has 44 heavy (non-hydrogen) atoms. The van der Waals surface area contributed by atoms with E-state index in [0.29, 0.717) is 63.3 Å². The van der Waals surface area contributed by atoms with E-state index >= 15 is 0 Å². The molecular weight excluding hydrogens is 648 g/mol. The van der Waals surface area contributed by atoms with Crippen LogP contribution in [0.25, 0.3) is 6.08 Å². The van der Waals surface area contributed by atoms with Gasteiger partial charge in [0.1, 0.15) is 6.61 Å². The number of fused-ring (bicyclic) bond motifs is 1. The standard InChI is InChI=1S/C33H31BrN2O7S/c1-5-41-25-15-12-21(16-27(25)42-6-2)29-24(32(38)40-4)18-35-33-36(29)31(37)28(44-33)17-22-8-7-9-26(39-3)30(22)43-19-20-10-13-23(34)14-11-20/h7-18,29H,5-6,19H2,1-4H3/b28-17+/t29-/m0/s1. The molecule has 1 aliphatic heterocycles. The molecule has 0 saturated heterocycles. The van der Waals surface area contributed by atoms with Crippen molar-refractivity contribution in [2.75, 3.05) is 27.4 Å². The summed E-state index contributed by atoms with van der Waals surface area (Å²) in [6.45, 7) is 4.94. The summed E-state index contributed by atoms with van der Waals surface area (Å²) < 4.78 is 31.4. The van der Waals surface area contributed by atoms with Gasteiger partial charge >= 0.3 is 5.97 Å². The molecule has 1 aliphatic rings. The van der Waals surface area contributed by atoms with Crippen molar-refractivity contribution < 1.29 is 28.5 Å². The van der Waals surface area contributed by atoms with Crippen molar-refractivity contribution in [1.82, 2.24) is 4.57 Å². The quantitative estimate of drug-likeness (QED) is 0.202. The smallest absolute Gasteiger partial charge is 0.337 e. The zero-order chi connectivity index (χ0) is 31.2. The molecule has 2 heterocycles. The fraction of sp³-hybridized carbons (Fsp3) is 0.242. The predicted molar refractivity (Wildman–Crippen MR) is 171 cm³/mol. The van der Waals surface area contributed by atoms with E-state index in [1.165, 1.54) is 29.2 Å². The summed E-state index contributed by atoms with van der Waals surface area (Å²) in [7, 11) is 2.87. The lowest BCUT2D eigenvalue weighted by molar-refractivity contribution is -0.136. The second kappa shape index (κ2) is 14.0. The first kappa shape index (κ1) is 31.1. The molecule has 1 atom stereocenters.